The highest BCUT2D eigenvalue weighted by Gasteiger charge is 2.30. The molecule has 33 heavy (non-hydrogen) atoms. The van der Waals surface area contributed by atoms with Gasteiger partial charge in [0.05, 0.1) is 11.9 Å². The number of carbonyl (C=O) groups excluding carboxylic acids is 2. The van der Waals surface area contributed by atoms with Crippen LogP contribution in [0, 0.1) is 5.92 Å². The zero-order valence-corrected chi connectivity index (χ0v) is 22.2. The van der Waals surface area contributed by atoms with Crippen molar-refractivity contribution < 1.29 is 18.0 Å². The first kappa shape index (κ1) is 27.1. The van der Waals surface area contributed by atoms with Crippen LogP contribution >= 0.6 is 27.5 Å². The summed E-state index contributed by atoms with van der Waals surface area (Å²) in [7, 11) is -3.78. The Morgan fingerprint density at radius 3 is 2.33 bits per heavy atom. The van der Waals surface area contributed by atoms with Crippen molar-refractivity contribution in [3.05, 3.63) is 63.6 Å². The summed E-state index contributed by atoms with van der Waals surface area (Å²) in [5.41, 5.74) is 1.07. The van der Waals surface area contributed by atoms with Crippen molar-refractivity contribution in [3.63, 3.8) is 0 Å². The molecule has 0 radical (unpaired) electrons. The third-order valence-corrected chi connectivity index (χ3v) is 6.93. The third kappa shape index (κ3) is 8.01. The second kappa shape index (κ2) is 11.9. The fraction of sp³-hybridized carbons (Fsp3) is 0.391. The lowest BCUT2D eigenvalue weighted by Gasteiger charge is -2.32. The molecule has 0 spiro atoms. The quantitative estimate of drug-likeness (QED) is 0.477. The van der Waals surface area contributed by atoms with Crippen molar-refractivity contribution in [3.8, 4) is 0 Å². The normalized spacial score (nSPS) is 12.3. The number of anilines is 1. The van der Waals surface area contributed by atoms with Crippen molar-refractivity contribution in [1.29, 1.82) is 0 Å². The van der Waals surface area contributed by atoms with E-state index in [-0.39, 0.29) is 18.4 Å². The molecule has 2 aromatic rings. The van der Waals surface area contributed by atoms with E-state index in [4.69, 9.17) is 11.6 Å². The molecular formula is C23H29BrClN3O4S. The summed E-state index contributed by atoms with van der Waals surface area (Å²) in [6, 6.07) is 12.9. The van der Waals surface area contributed by atoms with Crippen LogP contribution in [0.5, 0.6) is 0 Å². The van der Waals surface area contributed by atoms with Crippen LogP contribution in [0.2, 0.25) is 5.02 Å². The molecule has 1 unspecified atom stereocenters. The maximum Gasteiger partial charge on any atom is 0.244 e. The molecule has 1 atom stereocenters. The van der Waals surface area contributed by atoms with Crippen LogP contribution in [-0.4, -0.2) is 50.5 Å². The lowest BCUT2D eigenvalue weighted by Crippen LogP contribution is -2.51. The van der Waals surface area contributed by atoms with Gasteiger partial charge >= 0.3 is 0 Å². The molecule has 0 saturated heterocycles. The monoisotopic (exact) mass is 557 g/mol. The summed E-state index contributed by atoms with van der Waals surface area (Å²) >= 11 is 9.46. The molecular weight excluding hydrogens is 530 g/mol. The largest absolute Gasteiger partial charge is 0.354 e. The SMILES string of the molecule is CC(C)CNC(=O)C(C)N(Cc1cccc(Cl)c1)C(=O)CN(c1ccccc1Br)S(C)(=O)=O. The molecule has 1 N–H and O–H groups in total. The number of amides is 2. The number of halogens is 2. The van der Waals surface area contributed by atoms with E-state index in [1.165, 1.54) is 4.90 Å². The van der Waals surface area contributed by atoms with Crippen LogP contribution in [0.3, 0.4) is 0 Å². The number of rotatable bonds is 10. The Hall–Kier alpha value is -2.10. The zero-order valence-electron chi connectivity index (χ0n) is 19.1. The summed E-state index contributed by atoms with van der Waals surface area (Å²) in [5.74, 6) is -0.580. The molecule has 2 aromatic carbocycles. The van der Waals surface area contributed by atoms with Gasteiger partial charge in [-0.2, -0.15) is 0 Å². The predicted octanol–water partition coefficient (Wildman–Crippen LogP) is 4.06. The van der Waals surface area contributed by atoms with Crippen LogP contribution in [0.1, 0.15) is 26.3 Å². The predicted molar refractivity (Wildman–Crippen MR) is 136 cm³/mol. The van der Waals surface area contributed by atoms with E-state index in [0.717, 1.165) is 16.1 Å². The van der Waals surface area contributed by atoms with Gasteiger partial charge in [-0.3, -0.25) is 13.9 Å². The van der Waals surface area contributed by atoms with Crippen LogP contribution in [-0.2, 0) is 26.2 Å². The van der Waals surface area contributed by atoms with Crippen molar-refractivity contribution >= 4 is 55.1 Å². The average molecular weight is 559 g/mol. The van der Waals surface area contributed by atoms with Crippen LogP contribution in [0.15, 0.2) is 53.0 Å². The van der Waals surface area contributed by atoms with Crippen molar-refractivity contribution in [2.45, 2.75) is 33.4 Å². The molecule has 0 aliphatic heterocycles. The first-order valence-corrected chi connectivity index (χ1v) is 13.5. The summed E-state index contributed by atoms with van der Waals surface area (Å²) in [5, 5.41) is 3.34. The number of benzene rings is 2. The summed E-state index contributed by atoms with van der Waals surface area (Å²) < 4.78 is 26.7. The minimum atomic E-state index is -3.78. The molecule has 2 rings (SSSR count). The third-order valence-electron chi connectivity index (χ3n) is 4.89. The number of hydrogen-bond acceptors (Lipinski definition) is 4. The van der Waals surface area contributed by atoms with Crippen LogP contribution in [0.25, 0.3) is 0 Å². The highest BCUT2D eigenvalue weighted by atomic mass is 79.9. The lowest BCUT2D eigenvalue weighted by molar-refractivity contribution is -0.139. The summed E-state index contributed by atoms with van der Waals surface area (Å²) in [4.78, 5) is 27.6. The van der Waals surface area contributed by atoms with E-state index < -0.39 is 28.5 Å². The highest BCUT2D eigenvalue weighted by molar-refractivity contribution is 9.10. The van der Waals surface area contributed by atoms with E-state index >= 15 is 0 Å². The van der Waals surface area contributed by atoms with Gasteiger partial charge < -0.3 is 10.2 Å². The summed E-state index contributed by atoms with van der Waals surface area (Å²) in [6.07, 6.45) is 1.04. The molecule has 7 nitrogen and oxygen atoms in total. The van der Waals surface area contributed by atoms with Crippen molar-refractivity contribution in [1.82, 2.24) is 10.2 Å². The Bertz CT molecular complexity index is 1090. The van der Waals surface area contributed by atoms with Crippen molar-refractivity contribution in [2.75, 3.05) is 23.7 Å². The number of nitrogens with zero attached hydrogens (tertiary/aromatic N) is 2. The molecule has 10 heteroatoms. The first-order chi connectivity index (χ1) is 15.4. The van der Waals surface area contributed by atoms with E-state index in [1.54, 1.807) is 55.5 Å². The van der Waals surface area contributed by atoms with E-state index in [1.807, 2.05) is 13.8 Å². The Balaban J connectivity index is 2.38. The molecule has 0 aliphatic rings. The topological polar surface area (TPSA) is 86.8 Å². The van der Waals surface area contributed by atoms with Gasteiger partial charge in [0.15, 0.2) is 0 Å². The second-order valence-electron chi connectivity index (χ2n) is 8.19. The van der Waals surface area contributed by atoms with E-state index in [9.17, 15) is 18.0 Å². The molecule has 180 valence electrons. The van der Waals surface area contributed by atoms with Gasteiger partial charge in [0.1, 0.15) is 12.6 Å². The van der Waals surface area contributed by atoms with Gasteiger partial charge in [-0.05, 0) is 58.6 Å². The molecule has 0 saturated carbocycles. The Labute approximate surface area is 209 Å². The maximum absolute atomic E-state index is 13.4. The maximum atomic E-state index is 13.4. The minimum absolute atomic E-state index is 0.100. The van der Waals surface area contributed by atoms with Gasteiger partial charge in [0.25, 0.3) is 0 Å². The number of para-hydroxylation sites is 1. The number of nitrogens with one attached hydrogen (secondary N) is 1. The van der Waals surface area contributed by atoms with Gasteiger partial charge in [-0.25, -0.2) is 8.42 Å². The van der Waals surface area contributed by atoms with Gasteiger partial charge in [-0.15, -0.1) is 0 Å². The van der Waals surface area contributed by atoms with Gasteiger partial charge in [0.2, 0.25) is 21.8 Å². The van der Waals surface area contributed by atoms with E-state index in [2.05, 4.69) is 21.2 Å². The van der Waals surface area contributed by atoms with Crippen LogP contribution in [0.4, 0.5) is 5.69 Å². The van der Waals surface area contributed by atoms with E-state index in [0.29, 0.717) is 21.7 Å². The Morgan fingerprint density at radius 1 is 1.09 bits per heavy atom. The standard InChI is InChI=1S/C23H29BrClN3O4S/c1-16(2)13-26-23(30)17(3)27(14-18-8-7-9-19(25)12-18)22(29)15-28(33(4,31)32)21-11-6-5-10-20(21)24/h5-12,16-17H,13-15H2,1-4H3,(H,26,30). The average Bonchev–Trinajstić information content (AvgIpc) is 2.73. The Morgan fingerprint density at radius 2 is 1.76 bits per heavy atom. The molecule has 0 aromatic heterocycles. The summed E-state index contributed by atoms with van der Waals surface area (Å²) in [6.45, 7) is 5.69. The molecule has 0 bridgehead atoms. The van der Waals surface area contributed by atoms with Crippen LogP contribution < -0.4 is 9.62 Å². The zero-order chi connectivity index (χ0) is 24.8. The molecule has 2 amide bonds. The van der Waals surface area contributed by atoms with Gasteiger partial charge in [0, 0.05) is 22.6 Å². The van der Waals surface area contributed by atoms with Crippen molar-refractivity contribution in [2.24, 2.45) is 5.92 Å². The minimum Gasteiger partial charge on any atom is -0.354 e. The fourth-order valence-electron chi connectivity index (χ4n) is 3.12. The van der Waals surface area contributed by atoms with Gasteiger partial charge in [-0.1, -0.05) is 49.7 Å². The Kier molecular flexibility index (Phi) is 9.75. The number of sulfonamides is 1. The molecule has 0 heterocycles. The highest BCUT2D eigenvalue weighted by Crippen LogP contribution is 2.28. The number of carbonyl (C=O) groups is 2. The first-order valence-electron chi connectivity index (χ1n) is 10.4. The smallest absolute Gasteiger partial charge is 0.244 e. The molecule has 0 aliphatic carbocycles. The number of hydrogen-bond donors (Lipinski definition) is 1. The fourth-order valence-corrected chi connectivity index (χ4v) is 4.81. The second-order valence-corrected chi connectivity index (χ2v) is 11.4. The molecule has 0 fully saturated rings. The lowest BCUT2D eigenvalue weighted by atomic mass is 10.1.